The van der Waals surface area contributed by atoms with E-state index in [0.717, 1.165) is 35.0 Å². The molecule has 0 aliphatic heterocycles. The molecule has 0 aliphatic carbocycles. The molecule has 0 fully saturated rings. The van der Waals surface area contributed by atoms with Gasteiger partial charge < -0.3 is 5.32 Å². The van der Waals surface area contributed by atoms with Gasteiger partial charge in [0.1, 0.15) is 0 Å². The summed E-state index contributed by atoms with van der Waals surface area (Å²) in [5.74, 6) is 0. The summed E-state index contributed by atoms with van der Waals surface area (Å²) < 4.78 is 0. The van der Waals surface area contributed by atoms with E-state index < -0.39 is 0 Å². The molecule has 1 N–H and O–H groups in total. The molecular formula is C15H17Cl2NS. The highest BCUT2D eigenvalue weighted by Gasteiger charge is 2.17. The molecule has 0 radical (unpaired) electrons. The first kappa shape index (κ1) is 14.9. The van der Waals surface area contributed by atoms with Crippen LogP contribution in [0.4, 0.5) is 0 Å². The molecule has 1 aromatic heterocycles. The predicted octanol–water partition coefficient (Wildman–Crippen LogP) is 5.34. The summed E-state index contributed by atoms with van der Waals surface area (Å²) in [6, 6.07) is 10.2. The SMILES string of the molecule is CCCNC(Cc1ccccc1Cl)c1sccc1Cl. The molecule has 1 unspecified atom stereocenters. The molecule has 102 valence electrons. The Morgan fingerprint density at radius 2 is 1.95 bits per heavy atom. The van der Waals surface area contributed by atoms with E-state index in [1.807, 2.05) is 29.6 Å². The fourth-order valence-electron chi connectivity index (χ4n) is 2.01. The van der Waals surface area contributed by atoms with Crippen LogP contribution in [0, 0.1) is 0 Å². The van der Waals surface area contributed by atoms with Crippen molar-refractivity contribution in [2.45, 2.75) is 25.8 Å². The summed E-state index contributed by atoms with van der Waals surface area (Å²) in [6.07, 6.45) is 1.96. The van der Waals surface area contributed by atoms with Crippen LogP contribution in [0.25, 0.3) is 0 Å². The van der Waals surface area contributed by atoms with Gasteiger partial charge in [0, 0.05) is 15.9 Å². The number of thiophene rings is 1. The van der Waals surface area contributed by atoms with Crippen LogP contribution in [0.2, 0.25) is 10.0 Å². The predicted molar refractivity (Wildman–Crippen MR) is 85.5 cm³/mol. The lowest BCUT2D eigenvalue weighted by Crippen LogP contribution is -2.23. The Labute approximate surface area is 128 Å². The minimum atomic E-state index is 0.229. The van der Waals surface area contributed by atoms with Gasteiger partial charge in [0.25, 0.3) is 0 Å². The van der Waals surface area contributed by atoms with Gasteiger partial charge in [0.15, 0.2) is 0 Å². The summed E-state index contributed by atoms with van der Waals surface area (Å²) in [4.78, 5) is 1.19. The molecule has 19 heavy (non-hydrogen) atoms. The van der Waals surface area contributed by atoms with Crippen molar-refractivity contribution in [3.05, 3.63) is 56.2 Å². The average molecular weight is 314 g/mol. The first-order chi connectivity index (χ1) is 9.22. The van der Waals surface area contributed by atoms with Crippen molar-refractivity contribution in [3.63, 3.8) is 0 Å². The van der Waals surface area contributed by atoms with E-state index in [-0.39, 0.29) is 6.04 Å². The van der Waals surface area contributed by atoms with Crippen molar-refractivity contribution in [1.82, 2.24) is 5.32 Å². The Hall–Kier alpha value is -0.540. The summed E-state index contributed by atoms with van der Waals surface area (Å²) in [5, 5.41) is 7.24. The molecule has 1 nitrogen and oxygen atoms in total. The third-order valence-corrected chi connectivity index (χ3v) is 4.82. The van der Waals surface area contributed by atoms with E-state index in [9.17, 15) is 0 Å². The van der Waals surface area contributed by atoms with Crippen molar-refractivity contribution in [2.75, 3.05) is 6.54 Å². The molecule has 0 bridgehead atoms. The first-order valence-electron chi connectivity index (χ1n) is 6.42. The monoisotopic (exact) mass is 313 g/mol. The van der Waals surface area contributed by atoms with Crippen LogP contribution in [0.15, 0.2) is 35.7 Å². The second-order valence-electron chi connectivity index (χ2n) is 4.44. The third kappa shape index (κ3) is 3.96. The zero-order valence-corrected chi connectivity index (χ0v) is 13.2. The zero-order valence-electron chi connectivity index (χ0n) is 10.8. The van der Waals surface area contributed by atoms with Crippen molar-refractivity contribution in [2.24, 2.45) is 0 Å². The van der Waals surface area contributed by atoms with Crippen LogP contribution in [0.5, 0.6) is 0 Å². The van der Waals surface area contributed by atoms with Gasteiger partial charge in [-0.3, -0.25) is 0 Å². The lowest BCUT2D eigenvalue weighted by Gasteiger charge is -2.18. The zero-order chi connectivity index (χ0) is 13.7. The van der Waals surface area contributed by atoms with Gasteiger partial charge in [-0.05, 0) is 42.5 Å². The molecule has 1 atom stereocenters. The highest BCUT2D eigenvalue weighted by Crippen LogP contribution is 2.32. The Morgan fingerprint density at radius 1 is 1.16 bits per heavy atom. The molecule has 2 aromatic rings. The third-order valence-electron chi connectivity index (χ3n) is 2.98. The first-order valence-corrected chi connectivity index (χ1v) is 8.05. The van der Waals surface area contributed by atoms with E-state index in [2.05, 4.69) is 18.3 Å². The number of hydrogen-bond donors (Lipinski definition) is 1. The van der Waals surface area contributed by atoms with Gasteiger partial charge >= 0.3 is 0 Å². The number of nitrogens with one attached hydrogen (secondary N) is 1. The van der Waals surface area contributed by atoms with E-state index in [1.165, 1.54) is 4.88 Å². The van der Waals surface area contributed by atoms with Crippen LogP contribution in [-0.2, 0) is 6.42 Å². The number of hydrogen-bond acceptors (Lipinski definition) is 2. The maximum atomic E-state index is 6.26. The van der Waals surface area contributed by atoms with Gasteiger partial charge in [-0.25, -0.2) is 0 Å². The Morgan fingerprint density at radius 3 is 2.58 bits per heavy atom. The maximum Gasteiger partial charge on any atom is 0.0561 e. The van der Waals surface area contributed by atoms with Crippen molar-refractivity contribution >= 4 is 34.5 Å². The largest absolute Gasteiger partial charge is 0.309 e. The Balaban J connectivity index is 2.19. The van der Waals surface area contributed by atoms with E-state index >= 15 is 0 Å². The van der Waals surface area contributed by atoms with E-state index in [1.54, 1.807) is 11.3 Å². The topological polar surface area (TPSA) is 12.0 Å². The molecule has 4 heteroatoms. The fourth-order valence-corrected chi connectivity index (χ4v) is 3.49. The quantitative estimate of drug-likeness (QED) is 0.759. The van der Waals surface area contributed by atoms with Crippen LogP contribution in [0.3, 0.4) is 0 Å². The van der Waals surface area contributed by atoms with E-state index in [0.29, 0.717) is 0 Å². The van der Waals surface area contributed by atoms with Gasteiger partial charge in [-0.15, -0.1) is 11.3 Å². The Bertz CT molecular complexity index is 524. The lowest BCUT2D eigenvalue weighted by molar-refractivity contribution is 0.537. The highest BCUT2D eigenvalue weighted by molar-refractivity contribution is 7.10. The summed E-state index contributed by atoms with van der Waals surface area (Å²) in [7, 11) is 0. The lowest BCUT2D eigenvalue weighted by atomic mass is 10.0. The summed E-state index contributed by atoms with van der Waals surface area (Å²) in [5.41, 5.74) is 1.15. The molecule has 1 heterocycles. The smallest absolute Gasteiger partial charge is 0.0561 e. The fraction of sp³-hybridized carbons (Fsp3) is 0.333. The molecule has 0 saturated carbocycles. The van der Waals surface area contributed by atoms with Gasteiger partial charge in [0.2, 0.25) is 0 Å². The number of rotatable bonds is 6. The molecule has 0 amide bonds. The maximum absolute atomic E-state index is 6.26. The van der Waals surface area contributed by atoms with Crippen molar-refractivity contribution in [3.8, 4) is 0 Å². The molecule has 1 aromatic carbocycles. The van der Waals surface area contributed by atoms with Gasteiger partial charge in [0.05, 0.1) is 5.02 Å². The van der Waals surface area contributed by atoms with Gasteiger partial charge in [-0.2, -0.15) is 0 Å². The van der Waals surface area contributed by atoms with Gasteiger partial charge in [-0.1, -0.05) is 48.3 Å². The normalized spacial score (nSPS) is 12.6. The van der Waals surface area contributed by atoms with Crippen LogP contribution in [0.1, 0.15) is 29.8 Å². The molecule has 0 spiro atoms. The van der Waals surface area contributed by atoms with Crippen LogP contribution in [-0.4, -0.2) is 6.54 Å². The molecule has 2 rings (SSSR count). The molecular weight excluding hydrogens is 297 g/mol. The van der Waals surface area contributed by atoms with Crippen molar-refractivity contribution < 1.29 is 0 Å². The average Bonchev–Trinajstić information content (AvgIpc) is 2.83. The minimum Gasteiger partial charge on any atom is -0.309 e. The molecule has 0 saturated heterocycles. The van der Waals surface area contributed by atoms with Crippen LogP contribution >= 0.6 is 34.5 Å². The standard InChI is InChI=1S/C15H17Cl2NS/c1-2-8-18-14(15-13(17)7-9-19-15)10-11-5-3-4-6-12(11)16/h3-7,9,14,18H,2,8,10H2,1H3. The van der Waals surface area contributed by atoms with Crippen molar-refractivity contribution in [1.29, 1.82) is 0 Å². The second kappa shape index (κ2) is 7.30. The Kier molecular flexibility index (Phi) is 5.71. The summed E-state index contributed by atoms with van der Waals surface area (Å²) >= 11 is 14.2. The van der Waals surface area contributed by atoms with E-state index in [4.69, 9.17) is 23.2 Å². The highest BCUT2D eigenvalue weighted by atomic mass is 35.5. The molecule has 0 aliphatic rings. The number of halogens is 2. The summed E-state index contributed by atoms with van der Waals surface area (Å²) in [6.45, 7) is 3.14. The van der Waals surface area contributed by atoms with Crippen LogP contribution < -0.4 is 5.32 Å². The number of benzene rings is 1. The minimum absolute atomic E-state index is 0.229. The second-order valence-corrected chi connectivity index (χ2v) is 6.20.